The molecule has 0 fully saturated rings. The fraction of sp³-hybridized carbons (Fsp3) is 0.500. The SMILES string of the molecule is CCCCCCc1c(O)cc(O)cc1O. The highest BCUT2D eigenvalue weighted by Gasteiger charge is 2.08. The molecule has 0 radical (unpaired) electrons. The first-order valence-corrected chi connectivity index (χ1v) is 5.39. The zero-order valence-electron chi connectivity index (χ0n) is 9.03. The maximum atomic E-state index is 9.51. The average Bonchev–Trinajstić information content (AvgIpc) is 2.15. The molecule has 3 nitrogen and oxygen atoms in total. The lowest BCUT2D eigenvalue weighted by Crippen LogP contribution is -1.88. The van der Waals surface area contributed by atoms with Crippen LogP contribution in [-0.2, 0) is 6.42 Å². The van der Waals surface area contributed by atoms with Gasteiger partial charge in [-0.3, -0.25) is 0 Å². The van der Waals surface area contributed by atoms with Crippen LogP contribution < -0.4 is 0 Å². The van der Waals surface area contributed by atoms with Crippen LogP contribution in [-0.4, -0.2) is 15.3 Å². The molecular formula is C12H18O3. The molecule has 0 bridgehead atoms. The number of rotatable bonds is 5. The molecule has 3 heteroatoms. The van der Waals surface area contributed by atoms with Crippen LogP contribution in [0.15, 0.2) is 12.1 Å². The fourth-order valence-electron chi connectivity index (χ4n) is 1.61. The van der Waals surface area contributed by atoms with Crippen LogP contribution in [0.5, 0.6) is 17.2 Å². The Bertz CT molecular complexity index is 298. The van der Waals surface area contributed by atoms with Crippen molar-refractivity contribution in [3.63, 3.8) is 0 Å². The summed E-state index contributed by atoms with van der Waals surface area (Å²) in [7, 11) is 0. The number of hydrogen-bond acceptors (Lipinski definition) is 3. The molecule has 0 atom stereocenters. The van der Waals surface area contributed by atoms with Crippen LogP contribution in [0.2, 0.25) is 0 Å². The Balaban J connectivity index is 2.60. The third-order valence-corrected chi connectivity index (χ3v) is 2.47. The van der Waals surface area contributed by atoms with Crippen LogP contribution in [0.1, 0.15) is 38.2 Å². The summed E-state index contributed by atoms with van der Waals surface area (Å²) in [5, 5.41) is 28.1. The Labute approximate surface area is 90.0 Å². The summed E-state index contributed by atoms with van der Waals surface area (Å²) in [5.41, 5.74) is 0.531. The number of phenolic OH excluding ortho intramolecular Hbond substituents is 3. The van der Waals surface area contributed by atoms with Gasteiger partial charge < -0.3 is 15.3 Å². The standard InChI is InChI=1S/C12H18O3/c1-2-3-4-5-6-10-11(14)7-9(13)8-12(10)15/h7-8,13-15H,2-6H2,1H3. The van der Waals surface area contributed by atoms with E-state index >= 15 is 0 Å². The molecule has 0 saturated carbocycles. The Morgan fingerprint density at radius 3 is 2.07 bits per heavy atom. The van der Waals surface area contributed by atoms with Crippen LogP contribution >= 0.6 is 0 Å². The van der Waals surface area contributed by atoms with Gasteiger partial charge in [0.05, 0.1) is 0 Å². The van der Waals surface area contributed by atoms with Crippen molar-refractivity contribution in [2.24, 2.45) is 0 Å². The molecule has 0 heterocycles. The summed E-state index contributed by atoms with van der Waals surface area (Å²) >= 11 is 0. The second-order valence-corrected chi connectivity index (χ2v) is 3.77. The summed E-state index contributed by atoms with van der Waals surface area (Å²) in [5.74, 6) is -0.157. The van der Waals surface area contributed by atoms with Crippen molar-refractivity contribution in [3.05, 3.63) is 17.7 Å². The van der Waals surface area contributed by atoms with Gasteiger partial charge in [-0.1, -0.05) is 26.2 Å². The first kappa shape index (κ1) is 11.7. The molecule has 0 unspecified atom stereocenters. The molecule has 3 N–H and O–H groups in total. The molecular weight excluding hydrogens is 192 g/mol. The number of benzene rings is 1. The number of phenols is 3. The molecule has 0 aliphatic heterocycles. The molecule has 0 aromatic heterocycles. The lowest BCUT2D eigenvalue weighted by Gasteiger charge is -2.07. The minimum Gasteiger partial charge on any atom is -0.508 e. The van der Waals surface area contributed by atoms with Gasteiger partial charge in [-0.15, -0.1) is 0 Å². The third kappa shape index (κ3) is 3.35. The predicted molar refractivity (Wildman–Crippen MR) is 59.3 cm³/mol. The molecule has 0 amide bonds. The molecule has 1 aromatic carbocycles. The molecule has 1 aromatic rings. The van der Waals surface area contributed by atoms with E-state index in [0.29, 0.717) is 12.0 Å². The maximum Gasteiger partial charge on any atom is 0.126 e. The molecule has 0 aliphatic rings. The molecule has 15 heavy (non-hydrogen) atoms. The summed E-state index contributed by atoms with van der Waals surface area (Å²) in [6.07, 6.45) is 5.01. The Hall–Kier alpha value is -1.38. The van der Waals surface area contributed by atoms with Crippen molar-refractivity contribution in [2.45, 2.75) is 39.0 Å². The van der Waals surface area contributed by atoms with Gasteiger partial charge in [0.25, 0.3) is 0 Å². The van der Waals surface area contributed by atoms with Crippen LogP contribution in [0.25, 0.3) is 0 Å². The lowest BCUT2D eigenvalue weighted by molar-refractivity contribution is 0.417. The Morgan fingerprint density at radius 2 is 1.53 bits per heavy atom. The van der Waals surface area contributed by atoms with E-state index in [-0.39, 0.29) is 17.2 Å². The van der Waals surface area contributed by atoms with Crippen molar-refractivity contribution < 1.29 is 15.3 Å². The average molecular weight is 210 g/mol. The predicted octanol–water partition coefficient (Wildman–Crippen LogP) is 2.93. The number of unbranched alkanes of at least 4 members (excludes halogenated alkanes) is 3. The largest absolute Gasteiger partial charge is 0.508 e. The first-order valence-electron chi connectivity index (χ1n) is 5.39. The fourth-order valence-corrected chi connectivity index (χ4v) is 1.61. The second-order valence-electron chi connectivity index (χ2n) is 3.77. The summed E-state index contributed by atoms with van der Waals surface area (Å²) in [4.78, 5) is 0. The van der Waals surface area contributed by atoms with E-state index in [2.05, 4.69) is 6.92 Å². The van der Waals surface area contributed by atoms with Gasteiger partial charge in [-0.25, -0.2) is 0 Å². The molecule has 1 rings (SSSR count). The lowest BCUT2D eigenvalue weighted by atomic mass is 10.0. The van der Waals surface area contributed by atoms with Crippen molar-refractivity contribution in [1.82, 2.24) is 0 Å². The van der Waals surface area contributed by atoms with Crippen molar-refractivity contribution >= 4 is 0 Å². The van der Waals surface area contributed by atoms with Crippen LogP contribution in [0.4, 0.5) is 0 Å². The number of aromatic hydroxyl groups is 3. The second kappa shape index (κ2) is 5.49. The van der Waals surface area contributed by atoms with Gasteiger partial charge in [-0.05, 0) is 12.8 Å². The highest BCUT2D eigenvalue weighted by molar-refractivity contribution is 5.48. The van der Waals surface area contributed by atoms with E-state index in [1.54, 1.807) is 0 Å². The van der Waals surface area contributed by atoms with E-state index in [1.165, 1.54) is 18.6 Å². The summed E-state index contributed by atoms with van der Waals surface area (Å²) < 4.78 is 0. The summed E-state index contributed by atoms with van der Waals surface area (Å²) in [6.45, 7) is 2.13. The number of hydrogen-bond donors (Lipinski definition) is 3. The molecule has 0 saturated heterocycles. The minimum absolute atomic E-state index is 0.0241. The normalized spacial score (nSPS) is 10.5. The van der Waals surface area contributed by atoms with E-state index < -0.39 is 0 Å². The van der Waals surface area contributed by atoms with Gasteiger partial charge in [0, 0.05) is 17.7 Å². The van der Waals surface area contributed by atoms with E-state index in [0.717, 1.165) is 19.3 Å². The smallest absolute Gasteiger partial charge is 0.126 e. The molecule has 0 aliphatic carbocycles. The monoisotopic (exact) mass is 210 g/mol. The van der Waals surface area contributed by atoms with E-state index in [4.69, 9.17) is 5.11 Å². The quantitative estimate of drug-likeness (QED) is 0.655. The molecule has 0 spiro atoms. The van der Waals surface area contributed by atoms with Crippen molar-refractivity contribution in [3.8, 4) is 17.2 Å². The van der Waals surface area contributed by atoms with Crippen LogP contribution in [0, 0.1) is 0 Å². The zero-order chi connectivity index (χ0) is 11.3. The first-order chi connectivity index (χ1) is 7.15. The topological polar surface area (TPSA) is 60.7 Å². The van der Waals surface area contributed by atoms with Gasteiger partial charge >= 0.3 is 0 Å². The third-order valence-electron chi connectivity index (χ3n) is 2.47. The molecule has 84 valence electrons. The summed E-state index contributed by atoms with van der Waals surface area (Å²) in [6, 6.07) is 2.52. The van der Waals surface area contributed by atoms with Crippen LogP contribution in [0.3, 0.4) is 0 Å². The maximum absolute atomic E-state index is 9.51. The Kier molecular flexibility index (Phi) is 4.28. The van der Waals surface area contributed by atoms with Gasteiger partial charge in [0.1, 0.15) is 17.2 Å². The van der Waals surface area contributed by atoms with E-state index in [1.807, 2.05) is 0 Å². The highest BCUT2D eigenvalue weighted by Crippen LogP contribution is 2.32. The van der Waals surface area contributed by atoms with Gasteiger partial charge in [-0.2, -0.15) is 0 Å². The highest BCUT2D eigenvalue weighted by atomic mass is 16.3. The zero-order valence-corrected chi connectivity index (χ0v) is 9.03. The van der Waals surface area contributed by atoms with Crippen molar-refractivity contribution in [1.29, 1.82) is 0 Å². The van der Waals surface area contributed by atoms with Gasteiger partial charge in [0.2, 0.25) is 0 Å². The van der Waals surface area contributed by atoms with E-state index in [9.17, 15) is 10.2 Å². The van der Waals surface area contributed by atoms with Crippen molar-refractivity contribution in [2.75, 3.05) is 0 Å². The van der Waals surface area contributed by atoms with Gasteiger partial charge in [0.15, 0.2) is 0 Å². The Morgan fingerprint density at radius 1 is 0.933 bits per heavy atom. The minimum atomic E-state index is -0.109.